The third-order valence-corrected chi connectivity index (χ3v) is 4.32. The third-order valence-electron chi connectivity index (χ3n) is 4.32. The minimum Gasteiger partial charge on any atom is -0.329 e. The van der Waals surface area contributed by atoms with Crippen molar-refractivity contribution in [1.29, 1.82) is 0 Å². The molecule has 0 rings (SSSR count). The van der Waals surface area contributed by atoms with E-state index in [1.807, 2.05) is 0 Å². The highest BCUT2D eigenvalue weighted by molar-refractivity contribution is 4.89. The van der Waals surface area contributed by atoms with Crippen molar-refractivity contribution < 1.29 is 0 Å². The van der Waals surface area contributed by atoms with E-state index < -0.39 is 0 Å². The average Bonchev–Trinajstić information content (AvgIpc) is 2.33. The first-order chi connectivity index (χ1) is 8.41. The average molecular weight is 256 g/mol. The van der Waals surface area contributed by atoms with Crippen LogP contribution in [0.5, 0.6) is 0 Å². The van der Waals surface area contributed by atoms with E-state index in [4.69, 9.17) is 5.73 Å². The summed E-state index contributed by atoms with van der Waals surface area (Å²) in [5.41, 5.74) is 6.33. The summed E-state index contributed by atoms with van der Waals surface area (Å²) in [6, 6.07) is 0. The molecule has 2 heteroatoms. The van der Waals surface area contributed by atoms with Crippen molar-refractivity contribution in [2.75, 3.05) is 19.6 Å². The lowest BCUT2D eigenvalue weighted by Crippen LogP contribution is -2.54. The highest BCUT2D eigenvalue weighted by atomic mass is 15.2. The first-order valence-corrected chi connectivity index (χ1v) is 7.87. The molecule has 0 fully saturated rings. The standard InChI is InChI=1S/C16H36N2/c1-7-16(8-2,13-17)18(11-9-14(3)4)12-10-15(5)6/h14-15H,7-13,17H2,1-6H3. The second-order valence-corrected chi connectivity index (χ2v) is 6.49. The van der Waals surface area contributed by atoms with Gasteiger partial charge in [0.05, 0.1) is 0 Å². The molecule has 2 N–H and O–H groups in total. The molecule has 2 nitrogen and oxygen atoms in total. The van der Waals surface area contributed by atoms with Crippen LogP contribution in [-0.4, -0.2) is 30.1 Å². The van der Waals surface area contributed by atoms with Gasteiger partial charge in [-0.25, -0.2) is 0 Å². The van der Waals surface area contributed by atoms with Gasteiger partial charge in [-0.2, -0.15) is 0 Å². The molecule has 0 saturated carbocycles. The molecule has 0 atom stereocenters. The second kappa shape index (κ2) is 8.92. The van der Waals surface area contributed by atoms with Crippen molar-refractivity contribution in [2.45, 2.75) is 72.8 Å². The van der Waals surface area contributed by atoms with Crippen molar-refractivity contribution in [3.8, 4) is 0 Å². The fourth-order valence-corrected chi connectivity index (χ4v) is 2.53. The van der Waals surface area contributed by atoms with Crippen LogP contribution in [0.4, 0.5) is 0 Å². The van der Waals surface area contributed by atoms with E-state index >= 15 is 0 Å². The van der Waals surface area contributed by atoms with Crippen molar-refractivity contribution in [1.82, 2.24) is 4.90 Å². The topological polar surface area (TPSA) is 29.3 Å². The van der Waals surface area contributed by atoms with Crippen LogP contribution in [0.3, 0.4) is 0 Å². The second-order valence-electron chi connectivity index (χ2n) is 6.49. The van der Waals surface area contributed by atoms with Gasteiger partial charge in [0.2, 0.25) is 0 Å². The third kappa shape index (κ3) is 5.71. The van der Waals surface area contributed by atoms with Gasteiger partial charge in [0, 0.05) is 12.1 Å². The van der Waals surface area contributed by atoms with Gasteiger partial charge in [-0.1, -0.05) is 41.5 Å². The minimum atomic E-state index is 0.226. The van der Waals surface area contributed by atoms with Gasteiger partial charge in [0.15, 0.2) is 0 Å². The van der Waals surface area contributed by atoms with Crippen LogP contribution < -0.4 is 5.73 Å². The quantitative estimate of drug-likeness (QED) is 0.642. The van der Waals surface area contributed by atoms with Gasteiger partial charge in [0.1, 0.15) is 0 Å². The molecule has 18 heavy (non-hydrogen) atoms. The summed E-state index contributed by atoms with van der Waals surface area (Å²) in [6.45, 7) is 17.0. The zero-order chi connectivity index (χ0) is 14.2. The zero-order valence-corrected chi connectivity index (χ0v) is 13.6. The van der Waals surface area contributed by atoms with Crippen LogP contribution >= 0.6 is 0 Å². The fourth-order valence-electron chi connectivity index (χ4n) is 2.53. The molecule has 0 aromatic heterocycles. The van der Waals surface area contributed by atoms with Crippen LogP contribution in [0.15, 0.2) is 0 Å². The molecule has 0 aromatic rings. The van der Waals surface area contributed by atoms with Crippen molar-refractivity contribution in [3.05, 3.63) is 0 Å². The van der Waals surface area contributed by atoms with E-state index in [1.165, 1.54) is 25.9 Å². The number of nitrogens with two attached hydrogens (primary N) is 1. The Morgan fingerprint density at radius 2 is 1.28 bits per heavy atom. The Hall–Kier alpha value is -0.0800. The highest BCUT2D eigenvalue weighted by Crippen LogP contribution is 2.25. The Bertz CT molecular complexity index is 175. The molecule has 0 unspecified atom stereocenters. The molecule has 0 amide bonds. The monoisotopic (exact) mass is 256 g/mol. The smallest absolute Gasteiger partial charge is 0.0326 e. The molecule has 0 aliphatic carbocycles. The molecular formula is C16H36N2. The number of nitrogens with zero attached hydrogens (tertiary/aromatic N) is 1. The predicted molar refractivity (Wildman–Crippen MR) is 82.9 cm³/mol. The van der Waals surface area contributed by atoms with Crippen LogP contribution in [0, 0.1) is 11.8 Å². The first-order valence-electron chi connectivity index (χ1n) is 7.87. The summed E-state index contributed by atoms with van der Waals surface area (Å²) < 4.78 is 0. The van der Waals surface area contributed by atoms with Crippen molar-refractivity contribution >= 4 is 0 Å². The van der Waals surface area contributed by atoms with Crippen molar-refractivity contribution in [3.63, 3.8) is 0 Å². The van der Waals surface area contributed by atoms with Gasteiger partial charge < -0.3 is 5.73 Å². The SMILES string of the molecule is CCC(CC)(CN)N(CCC(C)C)CCC(C)C. The largest absolute Gasteiger partial charge is 0.329 e. The van der Waals surface area contributed by atoms with E-state index in [2.05, 4.69) is 46.4 Å². The summed E-state index contributed by atoms with van der Waals surface area (Å²) in [7, 11) is 0. The van der Waals surface area contributed by atoms with Gasteiger partial charge in [-0.05, 0) is 50.6 Å². The van der Waals surface area contributed by atoms with Gasteiger partial charge in [0.25, 0.3) is 0 Å². The fraction of sp³-hybridized carbons (Fsp3) is 1.00. The maximum atomic E-state index is 6.10. The maximum Gasteiger partial charge on any atom is 0.0326 e. The lowest BCUT2D eigenvalue weighted by molar-refractivity contribution is 0.0744. The Labute approximate surface area is 115 Å². The molecule has 0 aliphatic rings. The number of hydrogen-bond acceptors (Lipinski definition) is 2. The highest BCUT2D eigenvalue weighted by Gasteiger charge is 2.31. The van der Waals surface area contributed by atoms with Crippen LogP contribution in [0.2, 0.25) is 0 Å². The van der Waals surface area contributed by atoms with E-state index in [0.29, 0.717) is 0 Å². The predicted octanol–water partition coefficient (Wildman–Crippen LogP) is 3.90. The molecule has 0 saturated heterocycles. The Kier molecular flexibility index (Phi) is 8.89. The summed E-state index contributed by atoms with van der Waals surface area (Å²) in [4.78, 5) is 2.67. The minimum absolute atomic E-state index is 0.226. The van der Waals surface area contributed by atoms with Gasteiger partial charge in [-0.3, -0.25) is 4.90 Å². The maximum absolute atomic E-state index is 6.10. The van der Waals surface area contributed by atoms with E-state index in [1.54, 1.807) is 0 Å². The van der Waals surface area contributed by atoms with Gasteiger partial charge in [-0.15, -0.1) is 0 Å². The summed E-state index contributed by atoms with van der Waals surface area (Å²) in [6.07, 6.45) is 4.88. The van der Waals surface area contributed by atoms with Crippen LogP contribution in [0.1, 0.15) is 67.2 Å². The Morgan fingerprint density at radius 1 is 0.889 bits per heavy atom. The molecule has 110 valence electrons. The van der Waals surface area contributed by atoms with E-state index in [-0.39, 0.29) is 5.54 Å². The molecule has 0 aliphatic heterocycles. The molecular weight excluding hydrogens is 220 g/mol. The van der Waals surface area contributed by atoms with Crippen LogP contribution in [0.25, 0.3) is 0 Å². The summed E-state index contributed by atoms with van der Waals surface area (Å²) in [5, 5.41) is 0. The van der Waals surface area contributed by atoms with E-state index in [9.17, 15) is 0 Å². The molecule has 0 bridgehead atoms. The van der Waals surface area contributed by atoms with Crippen molar-refractivity contribution in [2.24, 2.45) is 17.6 Å². The lowest BCUT2D eigenvalue weighted by atomic mass is 9.89. The molecule has 0 radical (unpaired) electrons. The zero-order valence-electron chi connectivity index (χ0n) is 13.6. The Morgan fingerprint density at radius 3 is 1.50 bits per heavy atom. The van der Waals surface area contributed by atoms with Gasteiger partial charge >= 0.3 is 0 Å². The molecule has 0 aromatic carbocycles. The normalized spacial score (nSPS) is 13.0. The number of rotatable bonds is 10. The summed E-state index contributed by atoms with van der Waals surface area (Å²) in [5.74, 6) is 1.55. The lowest BCUT2D eigenvalue weighted by Gasteiger charge is -2.43. The Balaban J connectivity index is 4.68. The summed E-state index contributed by atoms with van der Waals surface area (Å²) >= 11 is 0. The molecule has 0 heterocycles. The first kappa shape index (κ1) is 17.9. The molecule has 0 spiro atoms. The van der Waals surface area contributed by atoms with E-state index in [0.717, 1.165) is 31.2 Å². The number of hydrogen-bond donors (Lipinski definition) is 1. The van der Waals surface area contributed by atoms with Crippen LogP contribution in [-0.2, 0) is 0 Å².